The first-order valence-electron chi connectivity index (χ1n) is 8.17. The molecular formula is C19H17N3O3S. The zero-order chi connectivity index (χ0) is 18.7. The molecule has 132 valence electrons. The van der Waals surface area contributed by atoms with Gasteiger partial charge in [0.2, 0.25) is 5.91 Å². The van der Waals surface area contributed by atoms with E-state index in [1.165, 1.54) is 28.4 Å². The Morgan fingerprint density at radius 1 is 1.35 bits per heavy atom. The van der Waals surface area contributed by atoms with Crippen LogP contribution < -0.4 is 0 Å². The van der Waals surface area contributed by atoms with E-state index in [9.17, 15) is 20.2 Å². The van der Waals surface area contributed by atoms with Crippen molar-refractivity contribution < 1.29 is 9.72 Å². The van der Waals surface area contributed by atoms with Crippen molar-refractivity contribution in [2.45, 2.75) is 24.8 Å². The van der Waals surface area contributed by atoms with E-state index < -0.39 is 10.5 Å². The van der Waals surface area contributed by atoms with Crippen LogP contribution in [0.25, 0.3) is 16.5 Å². The Morgan fingerprint density at radius 2 is 2.08 bits per heavy atom. The molecule has 3 rings (SSSR count). The van der Waals surface area contributed by atoms with E-state index in [0.717, 1.165) is 16.2 Å². The summed E-state index contributed by atoms with van der Waals surface area (Å²) in [6.07, 6.45) is 5.51. The minimum atomic E-state index is -0.674. The maximum atomic E-state index is 12.3. The fraction of sp³-hybridized carbons (Fsp3) is 0.263. The summed E-state index contributed by atoms with van der Waals surface area (Å²) in [6, 6.07) is 12.5. The summed E-state index contributed by atoms with van der Waals surface area (Å²) in [5.41, 5.74) is -0.0581. The molecule has 0 spiro atoms. The molecule has 1 heterocycles. The van der Waals surface area contributed by atoms with Crippen LogP contribution in [0.2, 0.25) is 0 Å². The molecule has 0 N–H and O–H groups in total. The molecule has 1 aromatic carbocycles. The molecule has 26 heavy (non-hydrogen) atoms. The highest BCUT2D eigenvalue weighted by atomic mass is 32.1. The van der Waals surface area contributed by atoms with E-state index in [2.05, 4.69) is 6.07 Å². The van der Waals surface area contributed by atoms with Gasteiger partial charge in [-0.05, 0) is 43.5 Å². The molecule has 0 bridgehead atoms. The van der Waals surface area contributed by atoms with Crippen LogP contribution in [0.3, 0.4) is 0 Å². The standard InChI is InChI=1S/C19H17N3O3S/c1-21(19(13-20)11-4-12-19)18(23)10-8-14-7-9-17(26-14)15-5-2-3-6-16(15)22(24)25/h2-3,5-10H,4,11-12H2,1H3/b10-8+. The molecule has 0 saturated heterocycles. The van der Waals surface area contributed by atoms with Crippen LogP contribution in [0.15, 0.2) is 42.5 Å². The Morgan fingerprint density at radius 3 is 2.69 bits per heavy atom. The summed E-state index contributed by atoms with van der Waals surface area (Å²) in [6.45, 7) is 0. The maximum Gasteiger partial charge on any atom is 0.278 e. The van der Waals surface area contributed by atoms with Crippen molar-refractivity contribution in [3.8, 4) is 16.5 Å². The van der Waals surface area contributed by atoms with Gasteiger partial charge in [0.25, 0.3) is 5.69 Å². The number of carbonyl (C=O) groups is 1. The Balaban J connectivity index is 1.77. The van der Waals surface area contributed by atoms with E-state index in [4.69, 9.17) is 0 Å². The quantitative estimate of drug-likeness (QED) is 0.449. The zero-order valence-electron chi connectivity index (χ0n) is 14.2. The van der Waals surface area contributed by atoms with Gasteiger partial charge in [-0.3, -0.25) is 14.9 Å². The Hall–Kier alpha value is -2.98. The number of carbonyl (C=O) groups excluding carboxylic acids is 1. The number of nitriles is 1. The Bertz CT molecular complexity index is 922. The number of nitrogens with zero attached hydrogens (tertiary/aromatic N) is 3. The van der Waals surface area contributed by atoms with Crippen LogP contribution in [0, 0.1) is 21.4 Å². The first-order valence-corrected chi connectivity index (χ1v) is 8.99. The molecule has 0 atom stereocenters. The predicted molar refractivity (Wildman–Crippen MR) is 100 cm³/mol. The lowest BCUT2D eigenvalue weighted by molar-refractivity contribution is -0.384. The summed E-state index contributed by atoms with van der Waals surface area (Å²) >= 11 is 1.38. The number of amides is 1. The smallest absolute Gasteiger partial charge is 0.278 e. The minimum absolute atomic E-state index is 0.0571. The highest BCUT2D eigenvalue weighted by Crippen LogP contribution is 2.37. The summed E-state index contributed by atoms with van der Waals surface area (Å²) in [5.74, 6) is -0.216. The molecule has 1 aliphatic rings. The van der Waals surface area contributed by atoms with Crippen LogP contribution in [-0.2, 0) is 4.79 Å². The van der Waals surface area contributed by atoms with Gasteiger partial charge in [0, 0.05) is 28.9 Å². The molecule has 1 aromatic heterocycles. The number of nitro benzene ring substituents is 1. The predicted octanol–water partition coefficient (Wildman–Crippen LogP) is 4.24. The van der Waals surface area contributed by atoms with E-state index >= 15 is 0 Å². The van der Waals surface area contributed by atoms with Crippen LogP contribution in [-0.4, -0.2) is 28.3 Å². The molecule has 0 aliphatic heterocycles. The van der Waals surface area contributed by atoms with Gasteiger partial charge in [0.05, 0.1) is 16.6 Å². The minimum Gasteiger partial charge on any atom is -0.323 e. The molecule has 1 fully saturated rings. The molecule has 2 aromatic rings. The number of hydrogen-bond acceptors (Lipinski definition) is 5. The summed E-state index contributed by atoms with van der Waals surface area (Å²) in [4.78, 5) is 26.2. The molecule has 6 nitrogen and oxygen atoms in total. The van der Waals surface area contributed by atoms with Crippen molar-refractivity contribution in [2.75, 3.05) is 7.05 Å². The van der Waals surface area contributed by atoms with Crippen molar-refractivity contribution in [2.24, 2.45) is 0 Å². The lowest BCUT2D eigenvalue weighted by atomic mass is 9.76. The zero-order valence-corrected chi connectivity index (χ0v) is 15.0. The summed E-state index contributed by atoms with van der Waals surface area (Å²) in [5, 5.41) is 20.5. The van der Waals surface area contributed by atoms with Gasteiger partial charge in [-0.25, -0.2) is 0 Å². The highest BCUT2D eigenvalue weighted by molar-refractivity contribution is 7.16. The van der Waals surface area contributed by atoms with Crippen molar-refractivity contribution in [1.29, 1.82) is 5.26 Å². The SMILES string of the molecule is CN(C(=O)/C=C/c1ccc(-c2ccccc2[N+](=O)[O-])s1)C1(C#N)CCC1. The first kappa shape index (κ1) is 17.8. The highest BCUT2D eigenvalue weighted by Gasteiger charge is 2.42. The van der Waals surface area contributed by atoms with Crippen molar-refractivity contribution in [3.63, 3.8) is 0 Å². The fourth-order valence-corrected chi connectivity index (χ4v) is 3.88. The van der Waals surface area contributed by atoms with Crippen molar-refractivity contribution >= 4 is 29.0 Å². The lowest BCUT2D eigenvalue weighted by Crippen LogP contribution is -2.52. The largest absolute Gasteiger partial charge is 0.323 e. The maximum absolute atomic E-state index is 12.3. The van der Waals surface area contributed by atoms with Crippen LogP contribution in [0.5, 0.6) is 0 Å². The number of likely N-dealkylation sites (N-methyl/N-ethyl adjacent to an activating group) is 1. The average Bonchev–Trinajstić information content (AvgIpc) is 3.08. The van der Waals surface area contributed by atoms with Gasteiger partial charge in [0.15, 0.2) is 0 Å². The molecule has 7 heteroatoms. The Kier molecular flexibility index (Phi) is 4.87. The van der Waals surface area contributed by atoms with Gasteiger partial charge in [-0.15, -0.1) is 11.3 Å². The van der Waals surface area contributed by atoms with E-state index in [1.807, 2.05) is 12.1 Å². The normalized spacial score (nSPS) is 15.2. The number of para-hydroxylation sites is 1. The fourth-order valence-electron chi connectivity index (χ4n) is 2.94. The third-order valence-corrected chi connectivity index (χ3v) is 5.83. The van der Waals surface area contributed by atoms with Gasteiger partial charge >= 0.3 is 0 Å². The van der Waals surface area contributed by atoms with E-state index in [-0.39, 0.29) is 11.6 Å². The molecule has 1 saturated carbocycles. The lowest BCUT2D eigenvalue weighted by Gasteiger charge is -2.42. The van der Waals surface area contributed by atoms with Crippen molar-refractivity contribution in [1.82, 2.24) is 4.90 Å². The molecule has 1 aliphatic carbocycles. The monoisotopic (exact) mass is 367 g/mol. The summed E-state index contributed by atoms with van der Waals surface area (Å²) in [7, 11) is 1.65. The molecule has 0 radical (unpaired) electrons. The third-order valence-electron chi connectivity index (χ3n) is 4.74. The number of thiophene rings is 1. The van der Waals surface area contributed by atoms with Gasteiger partial charge < -0.3 is 4.90 Å². The van der Waals surface area contributed by atoms with E-state index in [1.54, 1.807) is 31.3 Å². The number of benzene rings is 1. The third kappa shape index (κ3) is 3.24. The van der Waals surface area contributed by atoms with Gasteiger partial charge in [-0.1, -0.05) is 12.1 Å². The van der Waals surface area contributed by atoms with Crippen LogP contribution >= 0.6 is 11.3 Å². The van der Waals surface area contributed by atoms with E-state index in [0.29, 0.717) is 18.4 Å². The second kappa shape index (κ2) is 7.10. The topological polar surface area (TPSA) is 87.2 Å². The number of nitro groups is 1. The molecule has 0 unspecified atom stereocenters. The van der Waals surface area contributed by atoms with Crippen LogP contribution in [0.1, 0.15) is 24.1 Å². The van der Waals surface area contributed by atoms with Gasteiger partial charge in [-0.2, -0.15) is 5.26 Å². The molecular weight excluding hydrogens is 350 g/mol. The number of rotatable bonds is 5. The first-order chi connectivity index (χ1) is 12.5. The molecule has 1 amide bonds. The Labute approximate surface area is 155 Å². The van der Waals surface area contributed by atoms with Crippen LogP contribution in [0.4, 0.5) is 5.69 Å². The second-order valence-electron chi connectivity index (χ2n) is 6.20. The summed E-state index contributed by atoms with van der Waals surface area (Å²) < 4.78 is 0. The second-order valence-corrected chi connectivity index (χ2v) is 7.32. The van der Waals surface area contributed by atoms with Crippen molar-refractivity contribution in [3.05, 3.63) is 57.5 Å². The number of hydrogen-bond donors (Lipinski definition) is 0. The average molecular weight is 367 g/mol. The van der Waals surface area contributed by atoms with Gasteiger partial charge in [0.1, 0.15) is 5.54 Å².